The number of halogens is 2. The van der Waals surface area contributed by atoms with Gasteiger partial charge in [0.05, 0.1) is 5.02 Å². The molecule has 0 saturated carbocycles. The van der Waals surface area contributed by atoms with Crippen molar-refractivity contribution in [3.63, 3.8) is 0 Å². The third kappa shape index (κ3) is 5.02. The van der Waals surface area contributed by atoms with E-state index in [1.54, 1.807) is 13.2 Å². The summed E-state index contributed by atoms with van der Waals surface area (Å²) < 4.78 is 18.4. The molecule has 0 bridgehead atoms. The lowest BCUT2D eigenvalue weighted by Gasteiger charge is -2.17. The van der Waals surface area contributed by atoms with E-state index in [-0.39, 0.29) is 10.8 Å². The highest BCUT2D eigenvalue weighted by Crippen LogP contribution is 2.17. The van der Waals surface area contributed by atoms with Crippen LogP contribution in [-0.2, 0) is 11.2 Å². The van der Waals surface area contributed by atoms with E-state index in [0.29, 0.717) is 12.6 Å². The van der Waals surface area contributed by atoms with Gasteiger partial charge in [-0.2, -0.15) is 0 Å². The first kappa shape index (κ1) is 14.4. The van der Waals surface area contributed by atoms with Gasteiger partial charge in [0.15, 0.2) is 0 Å². The van der Waals surface area contributed by atoms with E-state index < -0.39 is 0 Å². The lowest BCUT2D eigenvalue weighted by Crippen LogP contribution is -2.32. The first-order valence-corrected chi connectivity index (χ1v) is 6.21. The number of benzene rings is 1. The van der Waals surface area contributed by atoms with Crippen molar-refractivity contribution in [1.82, 2.24) is 5.32 Å². The molecular weight excluding hydrogens is 241 g/mol. The van der Waals surface area contributed by atoms with Crippen molar-refractivity contribution >= 4 is 11.6 Å². The zero-order valence-corrected chi connectivity index (χ0v) is 11.1. The van der Waals surface area contributed by atoms with Crippen molar-refractivity contribution < 1.29 is 9.13 Å². The van der Waals surface area contributed by atoms with Crippen molar-refractivity contribution in [2.45, 2.75) is 25.8 Å². The van der Waals surface area contributed by atoms with Crippen LogP contribution in [0.5, 0.6) is 0 Å². The van der Waals surface area contributed by atoms with Crippen LogP contribution in [0.4, 0.5) is 4.39 Å². The van der Waals surface area contributed by atoms with Gasteiger partial charge in [0.2, 0.25) is 0 Å². The van der Waals surface area contributed by atoms with E-state index in [4.69, 9.17) is 16.3 Å². The molecule has 0 radical (unpaired) electrons. The van der Waals surface area contributed by atoms with Gasteiger partial charge in [-0.1, -0.05) is 24.6 Å². The molecule has 1 N–H and O–H groups in total. The minimum Gasteiger partial charge on any atom is -0.385 e. The van der Waals surface area contributed by atoms with Crippen LogP contribution in [0.2, 0.25) is 5.02 Å². The summed E-state index contributed by atoms with van der Waals surface area (Å²) in [5, 5.41) is 3.54. The van der Waals surface area contributed by atoms with Gasteiger partial charge in [0, 0.05) is 19.8 Å². The topological polar surface area (TPSA) is 21.3 Å². The largest absolute Gasteiger partial charge is 0.385 e. The SMILES string of the molecule is CCNC(CCOC)Cc1ccc(Cl)c(F)c1. The molecule has 0 aliphatic heterocycles. The van der Waals surface area contributed by atoms with Crippen molar-refractivity contribution in [2.75, 3.05) is 20.3 Å². The number of methoxy groups -OCH3 is 1. The van der Waals surface area contributed by atoms with Crippen LogP contribution in [0.3, 0.4) is 0 Å². The lowest BCUT2D eigenvalue weighted by molar-refractivity contribution is 0.183. The van der Waals surface area contributed by atoms with Gasteiger partial charge in [-0.3, -0.25) is 0 Å². The molecule has 1 aromatic carbocycles. The molecule has 1 aromatic rings. The molecule has 1 atom stereocenters. The fourth-order valence-electron chi connectivity index (χ4n) is 1.78. The van der Waals surface area contributed by atoms with Gasteiger partial charge in [-0.15, -0.1) is 0 Å². The normalized spacial score (nSPS) is 12.7. The quantitative estimate of drug-likeness (QED) is 0.813. The van der Waals surface area contributed by atoms with E-state index in [1.807, 2.05) is 6.07 Å². The molecule has 0 heterocycles. The number of hydrogen-bond donors (Lipinski definition) is 1. The first-order valence-electron chi connectivity index (χ1n) is 5.83. The number of likely N-dealkylation sites (N-methyl/N-ethyl adjacent to an activating group) is 1. The predicted molar refractivity (Wildman–Crippen MR) is 69.1 cm³/mol. The molecule has 2 nitrogen and oxygen atoms in total. The zero-order chi connectivity index (χ0) is 12.7. The van der Waals surface area contributed by atoms with Gasteiger partial charge in [0.25, 0.3) is 0 Å². The van der Waals surface area contributed by atoms with Crippen molar-refractivity contribution in [2.24, 2.45) is 0 Å². The number of ether oxygens (including phenoxy) is 1. The molecule has 17 heavy (non-hydrogen) atoms. The lowest BCUT2D eigenvalue weighted by atomic mass is 10.0. The van der Waals surface area contributed by atoms with Crippen LogP contribution in [0.1, 0.15) is 18.9 Å². The maximum atomic E-state index is 13.3. The second kappa shape index (κ2) is 7.64. The maximum Gasteiger partial charge on any atom is 0.142 e. The fraction of sp³-hybridized carbons (Fsp3) is 0.538. The summed E-state index contributed by atoms with van der Waals surface area (Å²) in [4.78, 5) is 0. The Labute approximate surface area is 107 Å². The Morgan fingerprint density at radius 2 is 2.24 bits per heavy atom. The van der Waals surface area contributed by atoms with Gasteiger partial charge in [-0.25, -0.2) is 4.39 Å². The molecule has 0 spiro atoms. The summed E-state index contributed by atoms with van der Waals surface area (Å²) in [6.07, 6.45) is 1.69. The van der Waals surface area contributed by atoms with Gasteiger partial charge >= 0.3 is 0 Å². The Morgan fingerprint density at radius 1 is 1.47 bits per heavy atom. The van der Waals surface area contributed by atoms with Gasteiger partial charge < -0.3 is 10.1 Å². The Balaban J connectivity index is 2.61. The average molecular weight is 260 g/mol. The van der Waals surface area contributed by atoms with E-state index in [9.17, 15) is 4.39 Å². The summed E-state index contributed by atoms with van der Waals surface area (Å²) in [5.41, 5.74) is 0.953. The highest BCUT2D eigenvalue weighted by molar-refractivity contribution is 6.30. The van der Waals surface area contributed by atoms with E-state index in [1.165, 1.54) is 6.07 Å². The highest BCUT2D eigenvalue weighted by Gasteiger charge is 2.09. The smallest absolute Gasteiger partial charge is 0.142 e. The molecule has 1 unspecified atom stereocenters. The predicted octanol–water partition coefficient (Wildman–Crippen LogP) is 3.04. The Hall–Kier alpha value is -0.640. The molecule has 0 aliphatic rings. The number of rotatable bonds is 7. The number of nitrogens with one attached hydrogen (secondary N) is 1. The minimum absolute atomic E-state index is 0.172. The second-order valence-corrected chi connectivity index (χ2v) is 4.40. The maximum absolute atomic E-state index is 13.3. The summed E-state index contributed by atoms with van der Waals surface area (Å²) >= 11 is 5.65. The molecule has 4 heteroatoms. The van der Waals surface area contributed by atoms with Gasteiger partial charge in [-0.05, 0) is 37.1 Å². The second-order valence-electron chi connectivity index (χ2n) is 3.99. The molecule has 0 aromatic heterocycles. The number of hydrogen-bond acceptors (Lipinski definition) is 2. The Bertz CT molecular complexity index is 346. The fourth-order valence-corrected chi connectivity index (χ4v) is 1.89. The molecule has 96 valence electrons. The van der Waals surface area contributed by atoms with Gasteiger partial charge in [0.1, 0.15) is 5.82 Å². The summed E-state index contributed by atoms with van der Waals surface area (Å²) in [7, 11) is 1.69. The Kier molecular flexibility index (Phi) is 6.48. The monoisotopic (exact) mass is 259 g/mol. The molecular formula is C13H19ClFNO. The molecule has 0 saturated heterocycles. The van der Waals surface area contributed by atoms with E-state index in [2.05, 4.69) is 12.2 Å². The first-order chi connectivity index (χ1) is 8.17. The van der Waals surface area contributed by atoms with E-state index in [0.717, 1.165) is 24.9 Å². The van der Waals surface area contributed by atoms with Crippen LogP contribution in [0.25, 0.3) is 0 Å². The van der Waals surface area contributed by atoms with Crippen LogP contribution < -0.4 is 5.32 Å². The van der Waals surface area contributed by atoms with Crippen molar-refractivity contribution in [3.8, 4) is 0 Å². The van der Waals surface area contributed by atoms with Crippen LogP contribution in [0, 0.1) is 5.82 Å². The van der Waals surface area contributed by atoms with Crippen LogP contribution >= 0.6 is 11.6 Å². The van der Waals surface area contributed by atoms with Crippen molar-refractivity contribution in [3.05, 3.63) is 34.6 Å². The van der Waals surface area contributed by atoms with Crippen LogP contribution in [0.15, 0.2) is 18.2 Å². The zero-order valence-electron chi connectivity index (χ0n) is 10.3. The van der Waals surface area contributed by atoms with E-state index >= 15 is 0 Å². The molecule has 0 fully saturated rings. The molecule has 1 rings (SSSR count). The van der Waals surface area contributed by atoms with Crippen molar-refractivity contribution in [1.29, 1.82) is 0 Å². The van der Waals surface area contributed by atoms with Crippen LogP contribution in [-0.4, -0.2) is 26.3 Å². The summed E-state index contributed by atoms with van der Waals surface area (Å²) in [6, 6.07) is 5.27. The average Bonchev–Trinajstić information content (AvgIpc) is 2.31. The third-order valence-corrected chi connectivity index (χ3v) is 2.94. The molecule has 0 aliphatic carbocycles. The Morgan fingerprint density at radius 3 is 2.82 bits per heavy atom. The minimum atomic E-state index is -0.355. The summed E-state index contributed by atoms with van der Waals surface area (Å²) in [6.45, 7) is 3.65. The third-order valence-electron chi connectivity index (χ3n) is 2.63. The summed E-state index contributed by atoms with van der Waals surface area (Å²) in [5.74, 6) is -0.355. The molecule has 0 amide bonds. The highest BCUT2D eigenvalue weighted by atomic mass is 35.5. The standard InChI is InChI=1S/C13H19ClFNO/c1-3-16-11(6-7-17-2)8-10-4-5-12(14)13(15)9-10/h4-5,9,11,16H,3,6-8H2,1-2H3.